The number of nitrogens with zero attached hydrogens (tertiary/aromatic N) is 6. The molecule has 0 aliphatic carbocycles. The van der Waals surface area contributed by atoms with Crippen molar-refractivity contribution in [1.29, 1.82) is 0 Å². The number of nitrogens with one attached hydrogen (secondary N) is 1. The van der Waals surface area contributed by atoms with Crippen LogP contribution >= 0.6 is 0 Å². The Kier molecular flexibility index (Phi) is 3.90. The molecule has 0 bridgehead atoms. The van der Waals surface area contributed by atoms with Crippen LogP contribution in [-0.4, -0.2) is 55.9 Å². The number of rotatable bonds is 3. The van der Waals surface area contributed by atoms with Gasteiger partial charge in [-0.25, -0.2) is 4.98 Å². The number of aromatic nitrogens is 6. The highest BCUT2D eigenvalue weighted by atomic mass is 16.5. The third-order valence-corrected chi connectivity index (χ3v) is 5.12. The van der Waals surface area contributed by atoms with Crippen molar-refractivity contribution in [3.05, 3.63) is 30.1 Å². The van der Waals surface area contributed by atoms with Gasteiger partial charge in [0, 0.05) is 25.5 Å². The number of morpholine rings is 1. The predicted molar refractivity (Wildman–Crippen MR) is 104 cm³/mol. The van der Waals surface area contributed by atoms with Crippen molar-refractivity contribution in [2.75, 3.05) is 24.7 Å². The number of aryl methyl sites for hydroxylation is 2. The lowest BCUT2D eigenvalue weighted by atomic mass is 10.1. The van der Waals surface area contributed by atoms with Crippen molar-refractivity contribution >= 4 is 16.9 Å². The zero-order chi connectivity index (χ0) is 19.3. The summed E-state index contributed by atoms with van der Waals surface area (Å²) in [7, 11) is 1.91. The Balaban J connectivity index is 1.75. The number of H-pyrrole nitrogens is 1. The number of hydrogen-bond acceptors (Lipinski definition) is 7. The fourth-order valence-corrected chi connectivity index (χ4v) is 3.66. The molecule has 0 aromatic carbocycles. The number of aromatic amines is 1. The van der Waals surface area contributed by atoms with Crippen molar-refractivity contribution in [2.45, 2.75) is 19.9 Å². The predicted octanol–water partition coefficient (Wildman–Crippen LogP) is 2.55. The molecule has 9 heteroatoms. The first-order valence-electron chi connectivity index (χ1n) is 9.27. The van der Waals surface area contributed by atoms with Crippen molar-refractivity contribution < 1.29 is 9.26 Å². The Morgan fingerprint density at radius 2 is 2.18 bits per heavy atom. The van der Waals surface area contributed by atoms with Crippen LogP contribution in [0.25, 0.3) is 33.7 Å². The fraction of sp³-hybridized carbons (Fsp3) is 0.368. The molecule has 5 heterocycles. The van der Waals surface area contributed by atoms with E-state index in [4.69, 9.17) is 14.2 Å². The monoisotopic (exact) mass is 379 g/mol. The maximum absolute atomic E-state index is 5.74. The van der Waals surface area contributed by atoms with Crippen LogP contribution in [0, 0.1) is 6.92 Å². The van der Waals surface area contributed by atoms with E-state index in [2.05, 4.69) is 32.3 Å². The molecule has 1 aliphatic heterocycles. The summed E-state index contributed by atoms with van der Waals surface area (Å²) in [6.07, 6.45) is 1.77. The van der Waals surface area contributed by atoms with Crippen LogP contribution in [0.2, 0.25) is 0 Å². The second kappa shape index (κ2) is 6.45. The molecule has 0 spiro atoms. The topological polar surface area (TPSA) is 97.9 Å². The van der Waals surface area contributed by atoms with Crippen LogP contribution in [0.15, 0.2) is 28.9 Å². The second-order valence-corrected chi connectivity index (χ2v) is 7.13. The van der Waals surface area contributed by atoms with Gasteiger partial charge >= 0.3 is 0 Å². The average Bonchev–Trinajstić information content (AvgIpc) is 3.41. The zero-order valence-electron chi connectivity index (χ0n) is 16.0. The van der Waals surface area contributed by atoms with Crippen LogP contribution < -0.4 is 4.90 Å². The maximum Gasteiger partial charge on any atom is 0.195 e. The molecule has 0 unspecified atom stereocenters. The van der Waals surface area contributed by atoms with Gasteiger partial charge in [0.2, 0.25) is 0 Å². The largest absolute Gasteiger partial charge is 0.377 e. The van der Waals surface area contributed by atoms with Crippen LogP contribution in [0.5, 0.6) is 0 Å². The Hall–Kier alpha value is -3.20. The lowest BCUT2D eigenvalue weighted by molar-refractivity contribution is 0.0986. The molecule has 4 aromatic rings. The summed E-state index contributed by atoms with van der Waals surface area (Å²) in [5.74, 6) is 0.871. The Morgan fingerprint density at radius 1 is 1.29 bits per heavy atom. The first-order valence-corrected chi connectivity index (χ1v) is 9.27. The molecule has 1 atom stereocenters. The van der Waals surface area contributed by atoms with E-state index < -0.39 is 0 Å². The summed E-state index contributed by atoms with van der Waals surface area (Å²) in [6.45, 7) is 6.23. The Bertz CT molecular complexity index is 1140. The number of anilines is 1. The van der Waals surface area contributed by atoms with Crippen molar-refractivity contribution in [3.63, 3.8) is 0 Å². The number of hydrogen-bond donors (Lipinski definition) is 1. The summed E-state index contributed by atoms with van der Waals surface area (Å²) < 4.78 is 13.2. The normalized spacial score (nSPS) is 17.5. The molecule has 9 nitrogen and oxygen atoms in total. The van der Waals surface area contributed by atoms with Crippen molar-refractivity contribution in [2.24, 2.45) is 7.05 Å². The molecule has 1 saturated heterocycles. The number of pyridine rings is 1. The van der Waals surface area contributed by atoms with Gasteiger partial charge in [-0.2, -0.15) is 10.2 Å². The van der Waals surface area contributed by atoms with Crippen molar-refractivity contribution in [1.82, 2.24) is 30.1 Å². The van der Waals surface area contributed by atoms with E-state index in [1.165, 1.54) is 0 Å². The second-order valence-electron chi connectivity index (χ2n) is 7.13. The molecule has 0 amide bonds. The first-order chi connectivity index (χ1) is 13.6. The smallest absolute Gasteiger partial charge is 0.195 e. The van der Waals surface area contributed by atoms with E-state index in [-0.39, 0.29) is 6.04 Å². The highest BCUT2D eigenvalue weighted by molar-refractivity contribution is 5.97. The van der Waals surface area contributed by atoms with Gasteiger partial charge in [-0.3, -0.25) is 9.78 Å². The maximum atomic E-state index is 5.74. The highest BCUT2D eigenvalue weighted by Crippen LogP contribution is 2.36. The van der Waals surface area contributed by atoms with E-state index in [1.807, 2.05) is 36.9 Å². The third-order valence-electron chi connectivity index (χ3n) is 5.12. The average molecular weight is 379 g/mol. The summed E-state index contributed by atoms with van der Waals surface area (Å²) >= 11 is 0. The van der Waals surface area contributed by atoms with E-state index in [0.29, 0.717) is 35.7 Å². The lowest BCUT2D eigenvalue weighted by Gasteiger charge is -2.34. The van der Waals surface area contributed by atoms with Gasteiger partial charge in [-0.15, -0.1) is 0 Å². The summed E-state index contributed by atoms with van der Waals surface area (Å²) in [4.78, 5) is 7.18. The molecule has 1 fully saturated rings. The van der Waals surface area contributed by atoms with E-state index in [1.54, 1.807) is 6.20 Å². The Labute approximate surface area is 161 Å². The van der Waals surface area contributed by atoms with Gasteiger partial charge in [-0.1, -0.05) is 5.16 Å². The molecular weight excluding hydrogens is 358 g/mol. The molecule has 1 aliphatic rings. The third kappa shape index (κ3) is 2.66. The van der Waals surface area contributed by atoms with Gasteiger partial charge in [0.1, 0.15) is 17.0 Å². The number of fused-ring (bicyclic) bond motifs is 1. The van der Waals surface area contributed by atoms with Crippen LogP contribution in [0.1, 0.15) is 12.6 Å². The molecule has 1 N–H and O–H groups in total. The van der Waals surface area contributed by atoms with Gasteiger partial charge in [0.15, 0.2) is 11.3 Å². The van der Waals surface area contributed by atoms with Gasteiger partial charge in [0.05, 0.1) is 30.5 Å². The van der Waals surface area contributed by atoms with Gasteiger partial charge in [-0.05, 0) is 32.0 Å². The van der Waals surface area contributed by atoms with E-state index >= 15 is 0 Å². The first kappa shape index (κ1) is 16.9. The number of ether oxygens (including phenoxy) is 1. The summed E-state index contributed by atoms with van der Waals surface area (Å²) in [6, 6.07) is 6.18. The molecule has 5 rings (SSSR count). The zero-order valence-corrected chi connectivity index (χ0v) is 16.0. The molecule has 28 heavy (non-hydrogen) atoms. The highest BCUT2D eigenvalue weighted by Gasteiger charge is 2.26. The summed E-state index contributed by atoms with van der Waals surface area (Å²) in [5, 5.41) is 15.9. The van der Waals surface area contributed by atoms with Crippen molar-refractivity contribution in [3.8, 4) is 22.6 Å². The molecule has 144 valence electrons. The van der Waals surface area contributed by atoms with Crippen LogP contribution in [0.4, 0.5) is 5.82 Å². The Morgan fingerprint density at radius 3 is 2.89 bits per heavy atom. The lowest BCUT2D eigenvalue weighted by Crippen LogP contribution is -2.44. The minimum absolute atomic E-state index is 0.231. The summed E-state index contributed by atoms with van der Waals surface area (Å²) in [5.41, 5.74) is 5.47. The van der Waals surface area contributed by atoms with Gasteiger partial charge < -0.3 is 14.2 Å². The minimum Gasteiger partial charge on any atom is -0.377 e. The molecule has 0 radical (unpaired) electrons. The van der Waals surface area contributed by atoms with Crippen LogP contribution in [0.3, 0.4) is 0 Å². The van der Waals surface area contributed by atoms with E-state index in [9.17, 15) is 0 Å². The van der Waals surface area contributed by atoms with E-state index in [0.717, 1.165) is 29.3 Å². The standard InChI is InChI=1S/C19H21N7O2/c1-11-8-14(23-22-11)17-18-19(28-24-17)13(15-4-5-20-25(15)3)9-16(21-18)26-6-7-27-10-12(26)2/h4-5,8-9,12H,6-7,10H2,1-3H3,(H,22,23)/t12-/m1/s1. The molecule has 0 saturated carbocycles. The van der Waals surface area contributed by atoms with Crippen LogP contribution in [-0.2, 0) is 11.8 Å². The van der Waals surface area contributed by atoms with Gasteiger partial charge in [0.25, 0.3) is 0 Å². The molecular formula is C19H21N7O2. The quantitative estimate of drug-likeness (QED) is 0.584. The SMILES string of the molecule is Cc1cc(-c2noc3c(-c4ccnn4C)cc(N4CCOC[C@H]4C)nc23)n[nH]1. The minimum atomic E-state index is 0.231. The fourth-order valence-electron chi connectivity index (χ4n) is 3.66. The molecule has 4 aromatic heterocycles.